The molecule has 0 unspecified atom stereocenters. The topological polar surface area (TPSA) is 37.3 Å². The molecule has 2 heteroatoms. The van der Waals surface area contributed by atoms with Crippen LogP contribution in [0.5, 0.6) is 0 Å². The number of allylic oxidation sites excluding steroid dienone is 8. The van der Waals surface area contributed by atoms with Crippen molar-refractivity contribution < 1.29 is 9.90 Å². The van der Waals surface area contributed by atoms with E-state index >= 15 is 0 Å². The fraction of sp³-hybridized carbons (Fsp3) is 0.550. The van der Waals surface area contributed by atoms with Crippen LogP contribution in [-0.4, -0.2) is 11.1 Å². The van der Waals surface area contributed by atoms with Crippen LogP contribution in [0.4, 0.5) is 0 Å². The Kier molecular flexibility index (Phi) is 16.2. The molecule has 0 aromatic heterocycles. The molecule has 0 aliphatic rings. The quantitative estimate of drug-likeness (QED) is 0.305. The van der Waals surface area contributed by atoms with E-state index in [0.717, 1.165) is 32.1 Å². The lowest BCUT2D eigenvalue weighted by atomic mass is 10.2. The van der Waals surface area contributed by atoms with Crippen molar-refractivity contribution in [2.75, 3.05) is 0 Å². The zero-order valence-electron chi connectivity index (χ0n) is 14.0. The lowest BCUT2D eigenvalue weighted by molar-refractivity contribution is -0.137. The van der Waals surface area contributed by atoms with Gasteiger partial charge in [-0.3, -0.25) is 4.79 Å². The van der Waals surface area contributed by atoms with Gasteiger partial charge in [0, 0.05) is 6.42 Å². The molecule has 0 aliphatic carbocycles. The van der Waals surface area contributed by atoms with Crippen molar-refractivity contribution in [1.29, 1.82) is 0 Å². The SMILES string of the molecule is CCCCC/C=C\C/C=C\C/C=C\C/C=C\CCC[19C](=O)O. The van der Waals surface area contributed by atoms with Gasteiger partial charge in [-0.05, 0) is 44.9 Å². The molecule has 0 amide bonds. The van der Waals surface area contributed by atoms with Crippen molar-refractivity contribution in [3.05, 3.63) is 48.6 Å². The van der Waals surface area contributed by atoms with Crippen molar-refractivity contribution in [2.45, 2.75) is 71.1 Å². The van der Waals surface area contributed by atoms with Crippen LogP contribution in [0.2, 0.25) is 0 Å². The molecule has 0 spiro atoms. The summed E-state index contributed by atoms with van der Waals surface area (Å²) in [5.41, 5.74) is 0. The monoisotopic (exact) mass is 311 g/mol. The number of unbranched alkanes of at least 4 members (excludes halogenated alkanes) is 4. The van der Waals surface area contributed by atoms with Gasteiger partial charge in [0.15, 0.2) is 0 Å². The second kappa shape index (κ2) is 17.5. The van der Waals surface area contributed by atoms with Gasteiger partial charge in [0.2, 0.25) is 0 Å². The maximum atomic E-state index is 10.3. The Balaban J connectivity index is 3.40. The molecule has 0 aromatic carbocycles. The van der Waals surface area contributed by atoms with E-state index in [1.807, 2.05) is 0 Å². The molecule has 2 nitrogen and oxygen atoms in total. The van der Waals surface area contributed by atoms with Gasteiger partial charge < -0.3 is 5.11 Å². The van der Waals surface area contributed by atoms with Crippen LogP contribution in [0.15, 0.2) is 48.6 Å². The number of hydrogen-bond acceptors (Lipinski definition) is 1. The average molecular weight is 311 g/mol. The first-order valence-electron chi connectivity index (χ1n) is 8.59. The highest BCUT2D eigenvalue weighted by Gasteiger charge is 1.92. The molecule has 0 fully saturated rings. The normalized spacial score (nSPS) is 12.4. The summed E-state index contributed by atoms with van der Waals surface area (Å²) < 4.78 is 0. The van der Waals surface area contributed by atoms with Gasteiger partial charge in [-0.2, -0.15) is 0 Å². The summed E-state index contributed by atoms with van der Waals surface area (Å²) in [5.74, 6) is -0.712. The highest BCUT2D eigenvalue weighted by molar-refractivity contribution is 5.66. The van der Waals surface area contributed by atoms with Crippen molar-refractivity contribution in [3.8, 4) is 0 Å². The van der Waals surface area contributed by atoms with Gasteiger partial charge in [-0.25, -0.2) is 0 Å². The van der Waals surface area contributed by atoms with Crippen molar-refractivity contribution in [1.82, 2.24) is 0 Å². The Morgan fingerprint density at radius 2 is 1.18 bits per heavy atom. The number of carboxylic acid groups (broad SMARTS) is 1. The number of carboxylic acids is 1. The maximum absolute atomic E-state index is 10.3. The molecule has 0 radical (unpaired) electrons. The summed E-state index contributed by atoms with van der Waals surface area (Å²) in [6.07, 6.45) is 27.3. The highest BCUT2D eigenvalue weighted by Crippen LogP contribution is 2.01. The molecule has 0 saturated heterocycles. The molecule has 0 atom stereocenters. The Hall–Kier alpha value is -1.57. The van der Waals surface area contributed by atoms with Crippen LogP contribution in [0.1, 0.15) is 71.1 Å². The van der Waals surface area contributed by atoms with Crippen molar-refractivity contribution in [2.24, 2.45) is 0 Å². The first kappa shape index (κ1) is 20.4. The van der Waals surface area contributed by atoms with Gasteiger partial charge in [-0.1, -0.05) is 68.4 Å². The van der Waals surface area contributed by atoms with Crippen LogP contribution >= 0.6 is 0 Å². The third-order valence-corrected chi connectivity index (χ3v) is 3.22. The summed E-state index contributed by atoms with van der Waals surface area (Å²) in [7, 11) is 0. The summed E-state index contributed by atoms with van der Waals surface area (Å²) >= 11 is 0. The lowest BCUT2D eigenvalue weighted by Crippen LogP contribution is -1.92. The van der Waals surface area contributed by atoms with Crippen LogP contribution in [0, 0.1) is 0 Å². The predicted octanol–water partition coefficient (Wildman–Crippen LogP) is 6.22. The van der Waals surface area contributed by atoms with Gasteiger partial charge in [0.1, 0.15) is 0 Å². The molecule has 0 aromatic rings. The zero-order valence-corrected chi connectivity index (χ0v) is 14.0. The van der Waals surface area contributed by atoms with E-state index in [1.54, 1.807) is 0 Å². The van der Waals surface area contributed by atoms with E-state index in [0.29, 0.717) is 0 Å². The molecule has 0 aliphatic heterocycles. The molecular formula is C20H32O2. The fourth-order valence-corrected chi connectivity index (χ4v) is 1.93. The Morgan fingerprint density at radius 1 is 0.727 bits per heavy atom. The fourth-order valence-electron chi connectivity index (χ4n) is 1.93. The first-order valence-corrected chi connectivity index (χ1v) is 8.59. The van der Waals surface area contributed by atoms with E-state index in [4.69, 9.17) is 5.11 Å². The van der Waals surface area contributed by atoms with Gasteiger partial charge in [0.25, 0.3) is 0 Å². The van der Waals surface area contributed by atoms with E-state index in [9.17, 15) is 4.79 Å². The van der Waals surface area contributed by atoms with E-state index < -0.39 is 5.97 Å². The van der Waals surface area contributed by atoms with Crippen molar-refractivity contribution >= 4 is 5.97 Å². The van der Waals surface area contributed by atoms with Crippen LogP contribution in [-0.2, 0) is 4.79 Å². The Bertz CT molecular complexity index is 362. The Labute approximate surface area is 136 Å². The van der Waals surface area contributed by atoms with Crippen LogP contribution in [0.25, 0.3) is 0 Å². The van der Waals surface area contributed by atoms with Crippen LogP contribution < -0.4 is 0 Å². The number of rotatable bonds is 14. The highest BCUT2D eigenvalue weighted by atomic mass is 19.6. The Morgan fingerprint density at radius 3 is 1.64 bits per heavy atom. The average Bonchev–Trinajstić information content (AvgIpc) is 2.50. The molecule has 124 valence electrons. The zero-order chi connectivity index (χ0) is 16.3. The van der Waals surface area contributed by atoms with Crippen molar-refractivity contribution in [3.63, 3.8) is 0 Å². The summed E-state index contributed by atoms with van der Waals surface area (Å²) in [4.78, 5) is 10.3. The molecular weight excluding hydrogens is 279 g/mol. The molecule has 1 N–H and O–H groups in total. The smallest absolute Gasteiger partial charge is 0.303 e. The maximum Gasteiger partial charge on any atom is 0.303 e. The number of aliphatic carboxylic acids is 1. The van der Waals surface area contributed by atoms with Gasteiger partial charge in [-0.15, -0.1) is 0 Å². The predicted molar refractivity (Wildman–Crippen MR) is 96.0 cm³/mol. The third kappa shape index (κ3) is 18.4. The second-order valence-electron chi connectivity index (χ2n) is 5.37. The molecule has 0 saturated carbocycles. The summed E-state index contributed by atoms with van der Waals surface area (Å²) in [6, 6.07) is 0. The molecule has 22 heavy (non-hydrogen) atoms. The third-order valence-electron chi connectivity index (χ3n) is 3.22. The van der Waals surface area contributed by atoms with Gasteiger partial charge >= 0.3 is 5.97 Å². The van der Waals surface area contributed by atoms with Crippen LogP contribution in [0.3, 0.4) is 0 Å². The van der Waals surface area contributed by atoms with Gasteiger partial charge in [0.05, 0.1) is 0 Å². The minimum Gasteiger partial charge on any atom is -0.481 e. The minimum absolute atomic E-state index is 0.262. The molecule has 0 heterocycles. The lowest BCUT2D eigenvalue weighted by Gasteiger charge is -1.90. The summed E-state index contributed by atoms with van der Waals surface area (Å²) in [5, 5.41) is 8.49. The van der Waals surface area contributed by atoms with E-state index in [-0.39, 0.29) is 6.42 Å². The minimum atomic E-state index is -0.712. The number of carbonyl (C=O) groups is 1. The molecule has 0 bridgehead atoms. The first-order chi connectivity index (χ1) is 10.8. The number of hydrogen-bond donors (Lipinski definition) is 1. The second-order valence-corrected chi connectivity index (χ2v) is 5.37. The largest absolute Gasteiger partial charge is 0.481 e. The molecule has 0 rings (SSSR count). The van der Waals surface area contributed by atoms with E-state index in [2.05, 4.69) is 55.5 Å². The standard InChI is InChI=1S/C20H32O2/c1-2-3-4-5-6-7-8-9-10-11-12-13-14-15-16-17-18-19-20(21)22/h6-7,9-10,12-13,15-16H,2-5,8,11,14,17-19H2,1H3,(H,21,22)/b7-6-,10-9-,13-12-,16-15-/i20+7. The van der Waals surface area contributed by atoms with E-state index in [1.165, 1.54) is 25.7 Å². The summed E-state index contributed by atoms with van der Waals surface area (Å²) in [6.45, 7) is 2.23.